The molecule has 2 aromatic rings. The number of rotatable bonds is 24. The zero-order valence-electron chi connectivity index (χ0n) is 58.3. The molecule has 1 heterocycles. The zero-order valence-corrected chi connectivity index (χ0v) is 58.3. The first-order chi connectivity index (χ1) is 40.9. The number of esters is 7. The molecule has 2 aromatic carbocycles. The van der Waals surface area contributed by atoms with E-state index in [1.807, 2.05) is 151 Å². The first kappa shape index (κ1) is 88.8. The van der Waals surface area contributed by atoms with E-state index in [0.29, 0.717) is 51.9 Å². The Morgan fingerprint density at radius 3 is 1.09 bits per heavy atom. The van der Waals surface area contributed by atoms with Gasteiger partial charge in [-0.3, -0.25) is 38.4 Å². The SMILES string of the molecule is C=CC(=O)OCC(O)COC(=O)C(C)(C)CC.CCC(C)(C)C(=O)O.CCC(C)(C)C(=O)O.CCC(C)(C)C(=O)OC.CCC(C)(C)C(=O)OCc1ccccc1.CCC(C)(C)C(=O)OCc1ccccc1.CCC1(C(=O)OC)COCC(C)(C(=O)OC)C1. The van der Waals surface area contributed by atoms with E-state index >= 15 is 0 Å². The molecule has 3 atom stereocenters. The number of carboxylic acid groups (broad SMARTS) is 2. The maximum atomic E-state index is 11.9. The minimum absolute atomic E-state index is 0.131. The van der Waals surface area contributed by atoms with Gasteiger partial charge in [-0.2, -0.15) is 0 Å². The number of methoxy groups -OCH3 is 3. The predicted octanol–water partition coefficient (Wildman–Crippen LogP) is 13.2. The molecule has 0 bridgehead atoms. The summed E-state index contributed by atoms with van der Waals surface area (Å²) in [6.07, 6.45) is 5.37. The number of carboxylic acids is 2. The Kier molecular flexibility index (Phi) is 43.0. The Balaban J connectivity index is -0.000000483. The summed E-state index contributed by atoms with van der Waals surface area (Å²) in [4.78, 5) is 100. The van der Waals surface area contributed by atoms with Crippen molar-refractivity contribution in [2.24, 2.45) is 43.3 Å². The van der Waals surface area contributed by atoms with Crippen LogP contribution in [0.3, 0.4) is 0 Å². The number of benzene rings is 2. The van der Waals surface area contributed by atoms with E-state index in [2.05, 4.69) is 16.1 Å². The van der Waals surface area contributed by atoms with Crippen LogP contribution in [0.4, 0.5) is 0 Å². The molecule has 3 unspecified atom stereocenters. The number of aliphatic carboxylic acids is 2. The molecule has 0 amide bonds. The normalized spacial score (nSPS) is 15.6. The molecule has 1 fully saturated rings. The molecule has 20 nitrogen and oxygen atoms in total. The number of hydrogen-bond acceptors (Lipinski definition) is 18. The highest BCUT2D eigenvalue weighted by Gasteiger charge is 2.52. The Bertz CT molecular complexity index is 2330. The largest absolute Gasteiger partial charge is 0.481 e. The van der Waals surface area contributed by atoms with Gasteiger partial charge >= 0.3 is 53.7 Å². The van der Waals surface area contributed by atoms with Crippen molar-refractivity contribution in [1.29, 1.82) is 0 Å². The second-order valence-electron chi connectivity index (χ2n) is 25.6. The highest BCUT2D eigenvalue weighted by Crippen LogP contribution is 2.43. The lowest BCUT2D eigenvalue weighted by atomic mass is 9.69. The average Bonchev–Trinajstić information content (AvgIpc) is 1.66. The molecular weight excluding hydrogens is 1150 g/mol. The molecular formula is C69H114O20. The second kappa shape index (κ2) is 43.1. The summed E-state index contributed by atoms with van der Waals surface area (Å²) in [6, 6.07) is 19.4. The van der Waals surface area contributed by atoms with Crippen molar-refractivity contribution in [1.82, 2.24) is 0 Å². The fourth-order valence-corrected chi connectivity index (χ4v) is 6.06. The highest BCUT2D eigenvalue weighted by atomic mass is 16.6. The molecule has 0 radical (unpaired) electrons. The summed E-state index contributed by atoms with van der Waals surface area (Å²) in [5, 5.41) is 26.3. The fraction of sp³-hybridized carbons (Fsp3) is 0.667. The van der Waals surface area contributed by atoms with Gasteiger partial charge in [0, 0.05) is 6.08 Å². The first-order valence-electron chi connectivity index (χ1n) is 30.3. The van der Waals surface area contributed by atoms with Gasteiger partial charge in [-0.05, 0) is 153 Å². The number of carbonyl (C=O) groups excluding carboxylic acids is 7. The quantitative estimate of drug-likeness (QED) is 0.0500. The van der Waals surface area contributed by atoms with E-state index in [9.17, 15) is 48.3 Å². The third-order valence-electron chi connectivity index (χ3n) is 15.8. The number of ether oxygens (including phenoxy) is 8. The van der Waals surface area contributed by atoms with Gasteiger partial charge in [0.05, 0.1) is 77.9 Å². The minimum Gasteiger partial charge on any atom is -0.481 e. The van der Waals surface area contributed by atoms with Crippen molar-refractivity contribution >= 4 is 53.7 Å². The molecule has 20 heteroatoms. The summed E-state index contributed by atoms with van der Waals surface area (Å²) in [7, 11) is 4.11. The van der Waals surface area contributed by atoms with Gasteiger partial charge in [0.15, 0.2) is 0 Å². The van der Waals surface area contributed by atoms with Crippen LogP contribution in [0, 0.1) is 43.3 Å². The Labute approximate surface area is 532 Å². The van der Waals surface area contributed by atoms with Crippen molar-refractivity contribution in [3.8, 4) is 0 Å². The third-order valence-corrected chi connectivity index (χ3v) is 15.8. The lowest BCUT2D eigenvalue weighted by Gasteiger charge is -2.42. The molecule has 0 aliphatic carbocycles. The van der Waals surface area contributed by atoms with Gasteiger partial charge < -0.3 is 53.2 Å². The maximum Gasteiger partial charge on any atom is 0.330 e. The average molecular weight is 1260 g/mol. The zero-order chi connectivity index (χ0) is 70.3. The van der Waals surface area contributed by atoms with E-state index in [1.165, 1.54) is 21.3 Å². The molecule has 0 saturated carbocycles. The number of aliphatic hydroxyl groups excluding tert-OH is 1. The molecule has 0 spiro atoms. The van der Waals surface area contributed by atoms with Crippen molar-refractivity contribution in [3.63, 3.8) is 0 Å². The van der Waals surface area contributed by atoms with Crippen LogP contribution in [0.5, 0.6) is 0 Å². The van der Waals surface area contributed by atoms with Crippen LogP contribution in [-0.2, 0) is 94.3 Å². The Morgan fingerprint density at radius 2 is 0.820 bits per heavy atom. The predicted molar refractivity (Wildman–Crippen MR) is 343 cm³/mol. The van der Waals surface area contributed by atoms with E-state index in [0.717, 1.165) is 36.5 Å². The summed E-state index contributed by atoms with van der Waals surface area (Å²) in [5.41, 5.74) is -2.20. The molecule has 0 aromatic heterocycles. The van der Waals surface area contributed by atoms with Crippen LogP contribution in [-0.4, -0.2) is 123 Å². The van der Waals surface area contributed by atoms with Gasteiger partial charge in [0.25, 0.3) is 0 Å². The standard InChI is InChI=1S/2C13H18O2.2C12H20O5.C7H14O2.2C6H12O2/c2*1-4-13(2,3)12(14)15-10-11-8-6-5-7-9-11;1-5-12(10(14)16-4)6-11(2,7-17-8-12)9(13)15-3;1-5-10(14)16-7-9(13)8-17-11(15)12(3,4)6-2;1-5-7(2,3)6(8)9-4;2*1-4-6(2,3)5(7)8/h2*5-9H,4,10H2,1-3H3;5-8H2,1-4H3;5,9,13H,1,6-8H2,2-4H3;5H2,1-4H3;2*4H2,1-3H3,(H,7,8). The van der Waals surface area contributed by atoms with Gasteiger partial charge in [-0.1, -0.05) is 116 Å². The molecule has 1 aliphatic rings. The monoisotopic (exact) mass is 1260 g/mol. The lowest BCUT2D eigenvalue weighted by molar-refractivity contribution is -0.181. The van der Waals surface area contributed by atoms with Crippen LogP contribution >= 0.6 is 0 Å². The van der Waals surface area contributed by atoms with Gasteiger partial charge in [0.2, 0.25) is 0 Å². The summed E-state index contributed by atoms with van der Waals surface area (Å²) in [5.74, 6) is -3.51. The smallest absolute Gasteiger partial charge is 0.330 e. The van der Waals surface area contributed by atoms with Crippen molar-refractivity contribution in [2.75, 3.05) is 47.8 Å². The van der Waals surface area contributed by atoms with Gasteiger partial charge in [0.1, 0.15) is 32.5 Å². The van der Waals surface area contributed by atoms with E-state index in [-0.39, 0.29) is 71.9 Å². The van der Waals surface area contributed by atoms with Crippen LogP contribution < -0.4 is 0 Å². The number of aliphatic hydroxyl groups is 1. The van der Waals surface area contributed by atoms with Crippen molar-refractivity contribution < 1.29 is 96.4 Å². The first-order valence-corrected chi connectivity index (χ1v) is 30.3. The third kappa shape index (κ3) is 35.3. The summed E-state index contributed by atoms with van der Waals surface area (Å²) >= 11 is 0. The molecule has 89 heavy (non-hydrogen) atoms. The minimum atomic E-state index is -1.02. The van der Waals surface area contributed by atoms with E-state index < -0.39 is 51.1 Å². The summed E-state index contributed by atoms with van der Waals surface area (Å²) < 4.78 is 39.6. The fourth-order valence-electron chi connectivity index (χ4n) is 6.06. The van der Waals surface area contributed by atoms with Gasteiger partial charge in [-0.15, -0.1) is 0 Å². The van der Waals surface area contributed by atoms with Crippen molar-refractivity contribution in [2.45, 2.75) is 209 Å². The molecule has 1 aliphatic heterocycles. The Hall–Kier alpha value is -6.67. The topological polar surface area (TPSA) is 288 Å². The molecule has 510 valence electrons. The lowest BCUT2D eigenvalue weighted by Crippen LogP contribution is -2.50. The Morgan fingerprint density at radius 1 is 0.494 bits per heavy atom. The van der Waals surface area contributed by atoms with Crippen LogP contribution in [0.1, 0.15) is 201 Å². The van der Waals surface area contributed by atoms with Crippen molar-refractivity contribution in [3.05, 3.63) is 84.4 Å². The molecule has 3 N–H and O–H groups in total. The summed E-state index contributed by atoms with van der Waals surface area (Å²) in [6.45, 7) is 41.1. The highest BCUT2D eigenvalue weighted by molar-refractivity contribution is 5.82. The van der Waals surface area contributed by atoms with E-state index in [4.69, 9.17) is 38.6 Å². The van der Waals surface area contributed by atoms with Gasteiger partial charge in [-0.25, -0.2) is 4.79 Å². The van der Waals surface area contributed by atoms with Crippen LogP contribution in [0.2, 0.25) is 0 Å². The van der Waals surface area contributed by atoms with Crippen LogP contribution in [0.15, 0.2) is 73.3 Å². The number of hydrogen-bond donors (Lipinski definition) is 3. The number of carbonyl (C=O) groups is 9. The molecule has 1 saturated heterocycles. The maximum absolute atomic E-state index is 11.9. The molecule has 3 rings (SSSR count). The van der Waals surface area contributed by atoms with E-state index in [1.54, 1.807) is 48.5 Å². The second-order valence-corrected chi connectivity index (χ2v) is 25.6. The van der Waals surface area contributed by atoms with Crippen LogP contribution in [0.25, 0.3) is 0 Å².